The van der Waals surface area contributed by atoms with Crippen molar-refractivity contribution in [2.75, 3.05) is 19.6 Å². The lowest BCUT2D eigenvalue weighted by atomic mass is 9.83. The summed E-state index contributed by atoms with van der Waals surface area (Å²) in [5, 5.41) is 10.9. The second-order valence-corrected chi connectivity index (χ2v) is 5.85. The van der Waals surface area contributed by atoms with Crippen LogP contribution < -0.4 is 0 Å². The van der Waals surface area contributed by atoms with Gasteiger partial charge in [0.05, 0.1) is 11.2 Å². The summed E-state index contributed by atoms with van der Waals surface area (Å²) in [6, 6.07) is 3.65. The molecule has 0 saturated carbocycles. The molecule has 1 N–H and O–H groups in total. The summed E-state index contributed by atoms with van der Waals surface area (Å²) in [4.78, 5) is 2.26. The third-order valence-electron chi connectivity index (χ3n) is 4.41. The normalized spacial score (nSPS) is 24.9. The van der Waals surface area contributed by atoms with E-state index in [-0.39, 0.29) is 0 Å². The van der Waals surface area contributed by atoms with Gasteiger partial charge in [-0.15, -0.1) is 0 Å². The van der Waals surface area contributed by atoms with Crippen LogP contribution in [0.4, 0.5) is 13.2 Å². The Bertz CT molecular complexity index is 501. The van der Waals surface area contributed by atoms with Gasteiger partial charge in [0.15, 0.2) is 0 Å². The Balaban J connectivity index is 2.28. The number of hydrogen-bond acceptors (Lipinski definition) is 2. The predicted octanol–water partition coefficient (Wildman–Crippen LogP) is 3.71. The largest absolute Gasteiger partial charge is 0.416 e. The average molecular weight is 301 g/mol. The molecule has 1 fully saturated rings. The van der Waals surface area contributed by atoms with Gasteiger partial charge >= 0.3 is 6.18 Å². The number of likely N-dealkylation sites (tertiary alicyclic amines) is 1. The lowest BCUT2D eigenvalue weighted by molar-refractivity contribution is -0.137. The molecule has 0 aliphatic carbocycles. The molecule has 0 bridgehead atoms. The van der Waals surface area contributed by atoms with Gasteiger partial charge < -0.3 is 10.0 Å². The fraction of sp³-hybridized carbons (Fsp3) is 0.625. The summed E-state index contributed by atoms with van der Waals surface area (Å²) < 4.78 is 38.2. The maximum atomic E-state index is 12.7. The molecule has 2 rings (SSSR count). The molecule has 5 heteroatoms. The Morgan fingerprint density at radius 3 is 2.52 bits per heavy atom. The Labute approximate surface area is 123 Å². The lowest BCUT2D eigenvalue weighted by Crippen LogP contribution is -2.30. The summed E-state index contributed by atoms with van der Waals surface area (Å²) >= 11 is 0. The standard InChI is InChI=1S/C16H22F3NO/c1-3-20-9-4-7-15(21,8-10-20)14-6-5-13(11-12(14)2)16(17,18)19/h5-6,11,21H,3-4,7-10H2,1-2H3. The van der Waals surface area contributed by atoms with Crippen molar-refractivity contribution in [3.63, 3.8) is 0 Å². The highest BCUT2D eigenvalue weighted by molar-refractivity contribution is 5.36. The van der Waals surface area contributed by atoms with Crippen LogP contribution in [0.2, 0.25) is 0 Å². The van der Waals surface area contributed by atoms with Crippen molar-refractivity contribution in [2.24, 2.45) is 0 Å². The molecule has 1 heterocycles. The van der Waals surface area contributed by atoms with Crippen molar-refractivity contribution in [1.29, 1.82) is 0 Å². The first-order valence-corrected chi connectivity index (χ1v) is 7.39. The molecule has 0 amide bonds. The summed E-state index contributed by atoms with van der Waals surface area (Å²) in [5.74, 6) is 0. The molecule has 0 spiro atoms. The van der Waals surface area contributed by atoms with E-state index in [0.717, 1.165) is 38.2 Å². The number of benzene rings is 1. The van der Waals surface area contributed by atoms with Crippen LogP contribution in [-0.4, -0.2) is 29.6 Å². The SMILES string of the molecule is CCN1CCCC(O)(c2ccc(C(F)(F)F)cc2C)CC1. The van der Waals surface area contributed by atoms with Crippen LogP contribution in [-0.2, 0) is 11.8 Å². The highest BCUT2D eigenvalue weighted by Crippen LogP contribution is 2.37. The zero-order valence-electron chi connectivity index (χ0n) is 12.5. The van der Waals surface area contributed by atoms with Crippen molar-refractivity contribution in [3.8, 4) is 0 Å². The van der Waals surface area contributed by atoms with Gasteiger partial charge in [-0.2, -0.15) is 13.2 Å². The van der Waals surface area contributed by atoms with Crippen LogP contribution >= 0.6 is 0 Å². The van der Waals surface area contributed by atoms with Gasteiger partial charge in [0, 0.05) is 6.54 Å². The fourth-order valence-electron chi connectivity index (χ4n) is 3.12. The first-order chi connectivity index (χ1) is 9.76. The van der Waals surface area contributed by atoms with E-state index in [1.165, 1.54) is 6.07 Å². The molecule has 118 valence electrons. The van der Waals surface area contributed by atoms with Crippen molar-refractivity contribution in [2.45, 2.75) is 44.9 Å². The first-order valence-electron chi connectivity index (χ1n) is 7.39. The Morgan fingerprint density at radius 2 is 1.95 bits per heavy atom. The zero-order valence-corrected chi connectivity index (χ0v) is 12.5. The van der Waals surface area contributed by atoms with Crippen molar-refractivity contribution < 1.29 is 18.3 Å². The summed E-state index contributed by atoms with van der Waals surface area (Å²) in [7, 11) is 0. The molecular formula is C16H22F3NO. The first kappa shape index (κ1) is 16.3. The molecule has 0 radical (unpaired) electrons. The minimum absolute atomic E-state index is 0.511. The number of aryl methyl sites for hydroxylation is 1. The number of alkyl halides is 3. The van der Waals surface area contributed by atoms with E-state index in [9.17, 15) is 18.3 Å². The van der Waals surface area contributed by atoms with Crippen LogP contribution in [0, 0.1) is 6.92 Å². The van der Waals surface area contributed by atoms with E-state index < -0.39 is 17.3 Å². The number of hydrogen-bond donors (Lipinski definition) is 1. The van der Waals surface area contributed by atoms with E-state index in [1.54, 1.807) is 6.92 Å². The molecular weight excluding hydrogens is 279 g/mol. The minimum atomic E-state index is -4.34. The molecule has 1 atom stereocenters. The predicted molar refractivity (Wildman–Crippen MR) is 76.0 cm³/mol. The fourth-order valence-corrected chi connectivity index (χ4v) is 3.12. The molecule has 2 nitrogen and oxygen atoms in total. The molecule has 1 unspecified atom stereocenters. The van der Waals surface area contributed by atoms with E-state index in [1.807, 2.05) is 0 Å². The van der Waals surface area contributed by atoms with E-state index >= 15 is 0 Å². The smallest absolute Gasteiger partial charge is 0.385 e. The highest BCUT2D eigenvalue weighted by atomic mass is 19.4. The van der Waals surface area contributed by atoms with Crippen LogP contribution in [0.15, 0.2) is 18.2 Å². The molecule has 1 aromatic rings. The summed E-state index contributed by atoms with van der Waals surface area (Å²) in [5.41, 5.74) is -0.528. The maximum Gasteiger partial charge on any atom is 0.416 e. The van der Waals surface area contributed by atoms with Gasteiger partial charge in [-0.25, -0.2) is 0 Å². The molecule has 21 heavy (non-hydrogen) atoms. The third kappa shape index (κ3) is 3.58. The molecule has 1 aromatic carbocycles. The third-order valence-corrected chi connectivity index (χ3v) is 4.41. The van der Waals surface area contributed by atoms with Gasteiger partial charge in [0.25, 0.3) is 0 Å². The molecule has 0 aromatic heterocycles. The number of rotatable bonds is 2. The summed E-state index contributed by atoms with van der Waals surface area (Å²) in [6.07, 6.45) is -2.33. The molecule has 1 aliphatic rings. The van der Waals surface area contributed by atoms with E-state index in [0.29, 0.717) is 24.0 Å². The average Bonchev–Trinajstić information content (AvgIpc) is 2.60. The monoisotopic (exact) mass is 301 g/mol. The quantitative estimate of drug-likeness (QED) is 0.900. The number of halogens is 3. The van der Waals surface area contributed by atoms with Gasteiger partial charge in [0.2, 0.25) is 0 Å². The number of aliphatic hydroxyl groups is 1. The van der Waals surface area contributed by atoms with Crippen molar-refractivity contribution >= 4 is 0 Å². The molecule has 1 aliphatic heterocycles. The van der Waals surface area contributed by atoms with Crippen LogP contribution in [0.1, 0.15) is 42.9 Å². The second kappa shape index (κ2) is 5.97. The van der Waals surface area contributed by atoms with Gasteiger partial charge in [-0.3, -0.25) is 0 Å². The molecule has 1 saturated heterocycles. The summed E-state index contributed by atoms with van der Waals surface area (Å²) in [6.45, 7) is 6.35. The van der Waals surface area contributed by atoms with E-state index in [4.69, 9.17) is 0 Å². The van der Waals surface area contributed by atoms with Gasteiger partial charge in [-0.1, -0.05) is 13.0 Å². The van der Waals surface area contributed by atoms with Crippen molar-refractivity contribution in [1.82, 2.24) is 4.90 Å². The van der Waals surface area contributed by atoms with Gasteiger partial charge in [-0.05, 0) is 62.5 Å². The minimum Gasteiger partial charge on any atom is -0.385 e. The second-order valence-electron chi connectivity index (χ2n) is 5.85. The van der Waals surface area contributed by atoms with Crippen LogP contribution in [0.3, 0.4) is 0 Å². The van der Waals surface area contributed by atoms with Crippen molar-refractivity contribution in [3.05, 3.63) is 34.9 Å². The van der Waals surface area contributed by atoms with Crippen LogP contribution in [0.5, 0.6) is 0 Å². The highest BCUT2D eigenvalue weighted by Gasteiger charge is 2.35. The topological polar surface area (TPSA) is 23.5 Å². The Hall–Kier alpha value is -1.07. The lowest BCUT2D eigenvalue weighted by Gasteiger charge is -2.29. The van der Waals surface area contributed by atoms with Crippen LogP contribution in [0.25, 0.3) is 0 Å². The Kier molecular flexibility index (Phi) is 4.63. The van der Waals surface area contributed by atoms with Gasteiger partial charge in [0.1, 0.15) is 0 Å². The maximum absolute atomic E-state index is 12.7. The van der Waals surface area contributed by atoms with E-state index in [2.05, 4.69) is 11.8 Å². The Morgan fingerprint density at radius 1 is 1.24 bits per heavy atom. The zero-order chi connectivity index (χ0) is 15.7. The number of nitrogens with zero attached hydrogens (tertiary/aromatic N) is 1.